The molecule has 0 spiro atoms. The van der Waals surface area contributed by atoms with Gasteiger partial charge >= 0.3 is 0 Å². The van der Waals surface area contributed by atoms with Crippen LogP contribution in [0.5, 0.6) is 0 Å². The summed E-state index contributed by atoms with van der Waals surface area (Å²) in [5.74, 6) is 2.25. The van der Waals surface area contributed by atoms with Crippen molar-refractivity contribution >= 4 is 10.2 Å². The van der Waals surface area contributed by atoms with E-state index in [1.165, 1.54) is 4.31 Å². The molecule has 0 saturated carbocycles. The summed E-state index contributed by atoms with van der Waals surface area (Å²) in [6.07, 6.45) is 7.96. The Hall–Kier alpha value is -0.570. The molecule has 1 saturated heterocycles. The molecule has 5 heteroatoms. The molecule has 1 aliphatic rings. The average molecular weight is 202 g/mol. The normalized spacial score (nSPS) is 19.6. The summed E-state index contributed by atoms with van der Waals surface area (Å²) in [6, 6.07) is 0. The molecule has 1 fully saturated rings. The van der Waals surface area contributed by atoms with Crippen LogP contribution in [-0.4, -0.2) is 32.4 Å². The van der Waals surface area contributed by atoms with Gasteiger partial charge in [0.25, 0.3) is 10.2 Å². The molecule has 0 radical (unpaired) electrons. The molecule has 1 heterocycles. The monoisotopic (exact) mass is 202 g/mol. The van der Waals surface area contributed by atoms with Crippen molar-refractivity contribution in [2.75, 3.05) is 19.6 Å². The molecule has 0 bridgehead atoms. The van der Waals surface area contributed by atoms with E-state index < -0.39 is 10.2 Å². The van der Waals surface area contributed by atoms with Gasteiger partial charge in [0.15, 0.2) is 0 Å². The van der Waals surface area contributed by atoms with E-state index in [2.05, 4.69) is 10.6 Å². The van der Waals surface area contributed by atoms with Gasteiger partial charge in [-0.25, -0.2) is 0 Å². The van der Waals surface area contributed by atoms with Crippen molar-refractivity contribution in [2.45, 2.75) is 19.3 Å². The molecule has 0 aromatic carbocycles. The molecule has 1 rings (SSSR count). The summed E-state index contributed by atoms with van der Waals surface area (Å²) >= 11 is 0. The number of rotatable bonds is 3. The largest absolute Gasteiger partial charge is 0.280 e. The highest BCUT2D eigenvalue weighted by molar-refractivity contribution is 7.87. The molecule has 1 aliphatic heterocycles. The van der Waals surface area contributed by atoms with Crippen LogP contribution in [0.15, 0.2) is 0 Å². The maximum atomic E-state index is 11.5. The van der Waals surface area contributed by atoms with Gasteiger partial charge in [0.2, 0.25) is 0 Å². The van der Waals surface area contributed by atoms with Crippen molar-refractivity contribution in [3.8, 4) is 12.3 Å². The number of terminal acetylenes is 1. The second-order valence-corrected chi connectivity index (χ2v) is 4.75. The first-order chi connectivity index (χ1) is 6.17. The van der Waals surface area contributed by atoms with Crippen LogP contribution in [0.3, 0.4) is 0 Å². The molecular weight excluding hydrogens is 188 g/mol. The van der Waals surface area contributed by atoms with Crippen molar-refractivity contribution in [3.05, 3.63) is 0 Å². The quantitative estimate of drug-likeness (QED) is 0.652. The first-order valence-electron chi connectivity index (χ1n) is 4.35. The van der Waals surface area contributed by atoms with Crippen LogP contribution in [0.25, 0.3) is 0 Å². The predicted octanol–water partition coefficient (Wildman–Crippen LogP) is -0.0601. The standard InChI is InChI=1S/C8H14N2O2S/c1-2-6-9-13(11,12)10-7-4-3-5-8-10/h1,9H,3-8H2. The number of nitrogens with zero attached hydrogens (tertiary/aromatic N) is 1. The summed E-state index contributed by atoms with van der Waals surface area (Å²) in [5, 5.41) is 0. The summed E-state index contributed by atoms with van der Waals surface area (Å²) in [7, 11) is -3.30. The lowest BCUT2D eigenvalue weighted by Crippen LogP contribution is -2.43. The van der Waals surface area contributed by atoms with Crippen molar-refractivity contribution in [3.63, 3.8) is 0 Å². The van der Waals surface area contributed by atoms with E-state index >= 15 is 0 Å². The van der Waals surface area contributed by atoms with Gasteiger partial charge in [-0.1, -0.05) is 12.3 Å². The highest BCUT2D eigenvalue weighted by atomic mass is 32.2. The summed E-state index contributed by atoms with van der Waals surface area (Å²) < 4.78 is 26.7. The molecule has 1 N–H and O–H groups in total. The molecule has 0 aromatic heterocycles. The van der Waals surface area contributed by atoms with Gasteiger partial charge in [-0.05, 0) is 12.8 Å². The maximum Gasteiger partial charge on any atom is 0.280 e. The van der Waals surface area contributed by atoms with E-state index in [1.807, 2.05) is 0 Å². The zero-order chi connectivity index (χ0) is 9.73. The molecule has 74 valence electrons. The minimum atomic E-state index is -3.30. The molecule has 0 unspecified atom stereocenters. The van der Waals surface area contributed by atoms with Crippen molar-refractivity contribution in [1.82, 2.24) is 9.03 Å². The van der Waals surface area contributed by atoms with Crippen LogP contribution >= 0.6 is 0 Å². The third-order valence-corrected chi connectivity index (χ3v) is 3.57. The molecule has 13 heavy (non-hydrogen) atoms. The third kappa shape index (κ3) is 2.99. The van der Waals surface area contributed by atoms with E-state index in [-0.39, 0.29) is 6.54 Å². The highest BCUT2D eigenvalue weighted by Gasteiger charge is 2.22. The fourth-order valence-corrected chi connectivity index (χ4v) is 2.52. The van der Waals surface area contributed by atoms with Gasteiger partial charge in [0, 0.05) is 13.1 Å². The van der Waals surface area contributed by atoms with Gasteiger partial charge in [-0.2, -0.15) is 17.4 Å². The predicted molar refractivity (Wildman–Crippen MR) is 51.2 cm³/mol. The maximum absolute atomic E-state index is 11.5. The van der Waals surface area contributed by atoms with Gasteiger partial charge in [-0.3, -0.25) is 0 Å². The summed E-state index contributed by atoms with van der Waals surface area (Å²) in [6.45, 7) is 1.29. The third-order valence-electron chi connectivity index (χ3n) is 2.01. The molecule has 0 aliphatic carbocycles. The Morgan fingerprint density at radius 3 is 2.46 bits per heavy atom. The Kier molecular flexibility index (Phi) is 3.72. The van der Waals surface area contributed by atoms with Crippen LogP contribution in [0, 0.1) is 12.3 Å². The minimum Gasteiger partial charge on any atom is -0.195 e. The summed E-state index contributed by atoms with van der Waals surface area (Å²) in [4.78, 5) is 0. The molecule has 4 nitrogen and oxygen atoms in total. The SMILES string of the molecule is C#CCNS(=O)(=O)N1CCCCC1. The van der Waals surface area contributed by atoms with E-state index in [0.29, 0.717) is 13.1 Å². The van der Waals surface area contributed by atoms with Gasteiger partial charge < -0.3 is 0 Å². The lowest BCUT2D eigenvalue weighted by atomic mass is 10.2. The Labute approximate surface area is 79.5 Å². The van der Waals surface area contributed by atoms with Crippen LogP contribution in [0.4, 0.5) is 0 Å². The number of hydrogen-bond acceptors (Lipinski definition) is 2. The molecule has 0 aromatic rings. The first-order valence-corrected chi connectivity index (χ1v) is 5.79. The van der Waals surface area contributed by atoms with Crippen molar-refractivity contribution < 1.29 is 8.42 Å². The van der Waals surface area contributed by atoms with Crippen LogP contribution in [-0.2, 0) is 10.2 Å². The van der Waals surface area contributed by atoms with E-state index in [4.69, 9.17) is 6.42 Å². The molecule has 0 amide bonds. The Bertz CT molecular complexity index is 286. The Morgan fingerprint density at radius 2 is 1.92 bits per heavy atom. The topological polar surface area (TPSA) is 49.4 Å². The first kappa shape index (κ1) is 10.5. The number of nitrogens with one attached hydrogen (secondary N) is 1. The lowest BCUT2D eigenvalue weighted by molar-refractivity contribution is 0.342. The zero-order valence-corrected chi connectivity index (χ0v) is 8.31. The highest BCUT2D eigenvalue weighted by Crippen LogP contribution is 2.11. The second kappa shape index (κ2) is 4.61. The van der Waals surface area contributed by atoms with E-state index in [1.54, 1.807) is 0 Å². The Balaban J connectivity index is 2.53. The minimum absolute atomic E-state index is 0.0683. The zero-order valence-electron chi connectivity index (χ0n) is 7.49. The molecular formula is C8H14N2O2S. The van der Waals surface area contributed by atoms with E-state index in [0.717, 1.165) is 19.3 Å². The van der Waals surface area contributed by atoms with Gasteiger partial charge in [-0.15, -0.1) is 6.42 Å². The lowest BCUT2D eigenvalue weighted by Gasteiger charge is -2.25. The fraction of sp³-hybridized carbons (Fsp3) is 0.750. The van der Waals surface area contributed by atoms with Crippen LogP contribution in [0.1, 0.15) is 19.3 Å². The van der Waals surface area contributed by atoms with Crippen LogP contribution in [0.2, 0.25) is 0 Å². The van der Waals surface area contributed by atoms with Gasteiger partial charge in [0.05, 0.1) is 6.54 Å². The van der Waals surface area contributed by atoms with E-state index in [9.17, 15) is 8.42 Å². The number of piperidine rings is 1. The molecule has 0 atom stereocenters. The van der Waals surface area contributed by atoms with Crippen molar-refractivity contribution in [2.24, 2.45) is 0 Å². The second-order valence-electron chi connectivity index (χ2n) is 2.99. The Morgan fingerprint density at radius 1 is 1.31 bits per heavy atom. The fourth-order valence-electron chi connectivity index (χ4n) is 1.33. The number of hydrogen-bond donors (Lipinski definition) is 1. The summed E-state index contributed by atoms with van der Waals surface area (Å²) in [5.41, 5.74) is 0. The van der Waals surface area contributed by atoms with Crippen molar-refractivity contribution in [1.29, 1.82) is 0 Å². The van der Waals surface area contributed by atoms with Gasteiger partial charge in [0.1, 0.15) is 0 Å². The smallest absolute Gasteiger partial charge is 0.195 e. The van der Waals surface area contributed by atoms with Crippen LogP contribution < -0.4 is 4.72 Å². The average Bonchev–Trinajstić information content (AvgIpc) is 2.16.